The smallest absolute Gasteiger partial charge is 0.306 e. The Morgan fingerprint density at radius 3 is 1.62 bits per heavy atom. The van der Waals surface area contributed by atoms with E-state index in [1.807, 2.05) is 27.7 Å². The topological polar surface area (TPSA) is 258 Å². The maximum Gasteiger partial charge on any atom is 0.306 e. The van der Waals surface area contributed by atoms with E-state index in [0.29, 0.717) is 57.8 Å². The zero-order chi connectivity index (χ0) is 39.5. The van der Waals surface area contributed by atoms with Crippen LogP contribution in [0.4, 0.5) is 0 Å². The Morgan fingerprint density at radius 1 is 0.635 bits per heavy atom. The molecule has 0 saturated carbocycles. The van der Waals surface area contributed by atoms with Gasteiger partial charge in [0, 0.05) is 25.7 Å². The van der Waals surface area contributed by atoms with Crippen molar-refractivity contribution in [2.75, 3.05) is 6.61 Å². The van der Waals surface area contributed by atoms with Crippen LogP contribution in [0.15, 0.2) is 0 Å². The second-order valence-electron chi connectivity index (χ2n) is 13.9. The number of unbranched alkanes of at least 4 members (excludes halogenated alkanes) is 10. The average molecular weight is 751 g/mol. The van der Waals surface area contributed by atoms with Gasteiger partial charge in [-0.3, -0.25) is 19.2 Å². The molecule has 0 aromatic heterocycles. The minimum atomic E-state index is -3.42. The van der Waals surface area contributed by atoms with E-state index in [2.05, 4.69) is 0 Å². The van der Waals surface area contributed by atoms with Crippen molar-refractivity contribution in [3.05, 3.63) is 0 Å². The summed E-state index contributed by atoms with van der Waals surface area (Å²) in [5.74, 6) is -4.26. The quantitative estimate of drug-likeness (QED) is 0.0307. The van der Waals surface area contributed by atoms with Crippen LogP contribution in [0.25, 0.3) is 0 Å². The molecule has 0 radical (unpaired) electrons. The summed E-state index contributed by atoms with van der Waals surface area (Å²) >= 11 is 0. The lowest BCUT2D eigenvalue weighted by Crippen LogP contribution is -2.82. The van der Waals surface area contributed by atoms with Crippen molar-refractivity contribution in [3.8, 4) is 0 Å². The van der Waals surface area contributed by atoms with Crippen LogP contribution in [0, 0.1) is 0 Å². The summed E-state index contributed by atoms with van der Waals surface area (Å²) in [6.07, 6.45) is -12.0. The van der Waals surface area contributed by atoms with Gasteiger partial charge in [0.25, 0.3) is 0 Å². The third-order valence-electron chi connectivity index (χ3n) is 9.68. The summed E-state index contributed by atoms with van der Waals surface area (Å²) in [5.41, 5.74) is -6.81. The minimum Gasteiger partial charge on any atom is -0.453 e. The van der Waals surface area contributed by atoms with Crippen LogP contribution < -0.4 is 0 Å². The molecule has 1 fully saturated rings. The van der Waals surface area contributed by atoms with Gasteiger partial charge in [-0.2, -0.15) is 0 Å². The number of carbonyl (C=O) groups is 4. The normalized spacial score (nSPS) is 26.3. The summed E-state index contributed by atoms with van der Waals surface area (Å²) in [4.78, 5) is 55.1. The summed E-state index contributed by atoms with van der Waals surface area (Å²) in [6.45, 7) is 6.57. The first-order chi connectivity index (χ1) is 24.6. The van der Waals surface area contributed by atoms with Crippen LogP contribution in [0.2, 0.25) is 0 Å². The van der Waals surface area contributed by atoms with E-state index in [9.17, 15) is 60.0 Å². The number of hydrogen-bond acceptors (Lipinski definition) is 15. The Balaban J connectivity index is 3.96. The fraction of sp³-hybridized carbons (Fsp3) is 0.892. The maximum absolute atomic E-state index is 14.3. The van der Waals surface area contributed by atoms with E-state index in [1.165, 1.54) is 0 Å². The summed E-state index contributed by atoms with van der Waals surface area (Å²) in [7, 11) is 0. The number of carbonyl (C=O) groups excluding carboxylic acids is 4. The molecule has 0 spiro atoms. The number of hydrogen-bond donors (Lipinski definition) is 8. The summed E-state index contributed by atoms with van der Waals surface area (Å²) in [6, 6.07) is 0. The van der Waals surface area contributed by atoms with Crippen molar-refractivity contribution in [2.45, 2.75) is 204 Å². The van der Waals surface area contributed by atoms with Crippen molar-refractivity contribution in [1.29, 1.82) is 0 Å². The highest BCUT2D eigenvalue weighted by atomic mass is 16.8. The van der Waals surface area contributed by atoms with Gasteiger partial charge in [0.2, 0.25) is 11.9 Å². The Morgan fingerprint density at radius 2 is 1.10 bits per heavy atom. The lowest BCUT2D eigenvalue weighted by molar-refractivity contribution is -0.378. The molecule has 15 heteroatoms. The highest BCUT2D eigenvalue weighted by Gasteiger charge is 2.74. The van der Waals surface area contributed by atoms with E-state index in [1.54, 1.807) is 0 Å². The third-order valence-corrected chi connectivity index (χ3v) is 9.68. The van der Waals surface area contributed by atoms with Crippen LogP contribution in [0.3, 0.4) is 0 Å². The Labute approximate surface area is 307 Å². The largest absolute Gasteiger partial charge is 0.453 e. The van der Waals surface area contributed by atoms with Gasteiger partial charge >= 0.3 is 5.97 Å². The first-order valence-corrected chi connectivity index (χ1v) is 19.2. The SMILES string of the molecule is CCCCCCCC(=O)O[C@@H]1[C@H](OC(O)[C@H](O)[C@@H](O)[C@H](O)CO)O[C@H](C(O)C(=O)CCCCC)[C@](O)(C(=O)CCCCC)[C@@]1(O)C(=O)CCCCC. The average Bonchev–Trinajstić information content (AvgIpc) is 3.13. The predicted octanol–water partition coefficient (Wildman–Crippen LogP) is 1.66. The van der Waals surface area contributed by atoms with E-state index in [4.69, 9.17) is 14.2 Å². The molecule has 304 valence electrons. The molecule has 10 atom stereocenters. The van der Waals surface area contributed by atoms with Gasteiger partial charge < -0.3 is 55.1 Å². The van der Waals surface area contributed by atoms with E-state index >= 15 is 0 Å². The molecule has 1 aliphatic rings. The van der Waals surface area contributed by atoms with Crippen molar-refractivity contribution in [1.82, 2.24) is 0 Å². The van der Waals surface area contributed by atoms with Gasteiger partial charge in [0.1, 0.15) is 30.5 Å². The lowest BCUT2D eigenvalue weighted by atomic mass is 9.64. The van der Waals surface area contributed by atoms with Gasteiger partial charge in [-0.05, 0) is 25.7 Å². The first-order valence-electron chi connectivity index (χ1n) is 19.2. The van der Waals surface area contributed by atoms with Crippen molar-refractivity contribution < 1.29 is 74.2 Å². The molecule has 1 saturated heterocycles. The van der Waals surface area contributed by atoms with Gasteiger partial charge in [-0.15, -0.1) is 0 Å². The second-order valence-corrected chi connectivity index (χ2v) is 13.9. The van der Waals surface area contributed by atoms with Crippen LogP contribution in [-0.2, 0) is 33.4 Å². The summed E-state index contributed by atoms with van der Waals surface area (Å²) in [5, 5.41) is 87.3. The van der Waals surface area contributed by atoms with Crippen molar-refractivity contribution in [3.63, 3.8) is 0 Å². The molecule has 8 N–H and O–H groups in total. The number of rotatable bonds is 29. The van der Waals surface area contributed by atoms with E-state index in [-0.39, 0.29) is 25.7 Å². The van der Waals surface area contributed by atoms with Gasteiger partial charge in [-0.25, -0.2) is 0 Å². The zero-order valence-corrected chi connectivity index (χ0v) is 31.5. The predicted molar refractivity (Wildman–Crippen MR) is 187 cm³/mol. The number of aliphatic hydroxyl groups is 8. The third kappa shape index (κ3) is 12.8. The maximum atomic E-state index is 14.3. The standard InChI is InChI=1S/C37H66O15/c1-5-9-13-14-18-22-28(43)50-33-35(52-34(47)31(46)29(44)25(40)23-38)51-32(30(45)24(39)19-15-10-6-2)36(48,26(41)20-16-11-7-3)37(33,49)27(42)21-17-12-8-4/h25,29-35,38,40,44-49H,5-23H2,1-4H3/t25-,29+,30?,31-,32-,33-,34?,35+,36-,37-/m1/s1. The molecular formula is C37H66O15. The van der Waals surface area contributed by atoms with Crippen LogP contribution >= 0.6 is 0 Å². The molecule has 52 heavy (non-hydrogen) atoms. The molecule has 0 aromatic rings. The Kier molecular flexibility index (Phi) is 22.6. The second kappa shape index (κ2) is 24.5. The van der Waals surface area contributed by atoms with Crippen LogP contribution in [0.5, 0.6) is 0 Å². The molecule has 2 unspecified atom stereocenters. The van der Waals surface area contributed by atoms with Crippen molar-refractivity contribution >= 4 is 23.3 Å². The fourth-order valence-electron chi connectivity index (χ4n) is 6.35. The van der Waals surface area contributed by atoms with E-state index < -0.39 is 103 Å². The first kappa shape index (κ1) is 48.1. The molecule has 0 aromatic carbocycles. The molecule has 0 aliphatic carbocycles. The zero-order valence-electron chi connectivity index (χ0n) is 31.5. The number of ether oxygens (including phenoxy) is 3. The monoisotopic (exact) mass is 750 g/mol. The van der Waals surface area contributed by atoms with Crippen LogP contribution in [0.1, 0.15) is 143 Å². The molecular weight excluding hydrogens is 684 g/mol. The number of aliphatic hydroxyl groups excluding tert-OH is 6. The molecule has 1 rings (SSSR count). The molecule has 0 bridgehead atoms. The fourth-order valence-corrected chi connectivity index (χ4v) is 6.35. The molecule has 15 nitrogen and oxygen atoms in total. The number of Topliss-reactive ketones (excluding diaryl/α,β-unsaturated/α-hetero) is 3. The highest BCUT2D eigenvalue weighted by molar-refractivity contribution is 6.01. The summed E-state index contributed by atoms with van der Waals surface area (Å²) < 4.78 is 16.9. The number of esters is 1. The Bertz CT molecular complexity index is 1070. The lowest BCUT2D eigenvalue weighted by Gasteiger charge is -2.55. The minimum absolute atomic E-state index is 0.165. The van der Waals surface area contributed by atoms with Crippen LogP contribution in [-0.4, -0.2) is 131 Å². The molecule has 0 amide bonds. The van der Waals surface area contributed by atoms with Crippen molar-refractivity contribution in [2.24, 2.45) is 0 Å². The number of ketones is 3. The van der Waals surface area contributed by atoms with E-state index in [0.717, 1.165) is 19.3 Å². The highest BCUT2D eigenvalue weighted by Crippen LogP contribution is 2.45. The molecule has 1 heterocycles. The van der Waals surface area contributed by atoms with Gasteiger partial charge in [-0.1, -0.05) is 91.9 Å². The molecule has 1 aliphatic heterocycles. The van der Waals surface area contributed by atoms with Gasteiger partial charge in [0.15, 0.2) is 35.3 Å². The van der Waals surface area contributed by atoms with Gasteiger partial charge in [0.05, 0.1) is 6.61 Å². The Hall–Kier alpha value is -1.92.